The molecule has 0 aliphatic heterocycles. The van der Waals surface area contributed by atoms with Crippen molar-refractivity contribution in [1.82, 2.24) is 13.9 Å². The lowest BCUT2D eigenvalue weighted by Crippen LogP contribution is -2.22. The van der Waals surface area contributed by atoms with Gasteiger partial charge in [0.2, 0.25) is 10.0 Å². The van der Waals surface area contributed by atoms with Crippen molar-refractivity contribution >= 4 is 38.3 Å². The normalized spacial score (nSPS) is 11.9. The summed E-state index contributed by atoms with van der Waals surface area (Å²) in [5.74, 6) is 0.617. The molecule has 0 spiro atoms. The molecule has 3 rings (SSSR count). The molecule has 160 valence electrons. The third-order valence-corrected chi connectivity index (χ3v) is 6.55. The Kier molecular flexibility index (Phi) is 6.30. The number of nitrogens with zero attached hydrogens (tertiary/aromatic N) is 4. The van der Waals surface area contributed by atoms with Gasteiger partial charge in [-0.05, 0) is 36.8 Å². The van der Waals surface area contributed by atoms with Gasteiger partial charge in [-0.2, -0.15) is 0 Å². The second-order valence-electron chi connectivity index (χ2n) is 6.78. The molecule has 0 radical (unpaired) electrons. The number of ether oxygens (including phenoxy) is 1. The molecule has 3 aromatic rings. The summed E-state index contributed by atoms with van der Waals surface area (Å²) in [6.07, 6.45) is 0.817. The van der Waals surface area contributed by atoms with E-state index in [9.17, 15) is 18.5 Å². The molecular formula is C19H21ClN4O5S. The second kappa shape index (κ2) is 8.58. The molecule has 0 saturated heterocycles. The predicted molar refractivity (Wildman–Crippen MR) is 113 cm³/mol. The van der Waals surface area contributed by atoms with Crippen LogP contribution < -0.4 is 4.74 Å². The Hall–Kier alpha value is -2.69. The van der Waals surface area contributed by atoms with Crippen molar-refractivity contribution < 1.29 is 18.1 Å². The van der Waals surface area contributed by atoms with E-state index in [4.69, 9.17) is 16.3 Å². The molecule has 0 aliphatic rings. The van der Waals surface area contributed by atoms with Crippen molar-refractivity contribution in [2.24, 2.45) is 0 Å². The molecule has 2 aromatic carbocycles. The third-order valence-electron chi connectivity index (χ3n) is 4.50. The summed E-state index contributed by atoms with van der Waals surface area (Å²) in [6, 6.07) is 8.95. The fraction of sp³-hybridized carbons (Fsp3) is 0.316. The molecule has 0 atom stereocenters. The number of fused-ring (bicyclic) bond motifs is 1. The number of rotatable bonds is 8. The van der Waals surface area contributed by atoms with E-state index in [1.165, 1.54) is 38.4 Å². The maximum atomic E-state index is 12.4. The summed E-state index contributed by atoms with van der Waals surface area (Å²) >= 11 is 5.84. The molecule has 30 heavy (non-hydrogen) atoms. The molecular weight excluding hydrogens is 432 g/mol. The molecule has 0 unspecified atom stereocenters. The van der Waals surface area contributed by atoms with E-state index in [2.05, 4.69) is 4.98 Å². The fourth-order valence-corrected chi connectivity index (χ4v) is 4.10. The zero-order chi connectivity index (χ0) is 22.1. The van der Waals surface area contributed by atoms with Crippen LogP contribution >= 0.6 is 11.6 Å². The van der Waals surface area contributed by atoms with Crippen LogP contribution in [0.5, 0.6) is 5.75 Å². The van der Waals surface area contributed by atoms with E-state index in [1.54, 1.807) is 12.1 Å². The molecule has 0 aliphatic carbocycles. The first kappa shape index (κ1) is 22.0. The van der Waals surface area contributed by atoms with Gasteiger partial charge in [-0.15, -0.1) is 0 Å². The Balaban J connectivity index is 1.99. The molecule has 0 amide bonds. The average Bonchev–Trinajstić information content (AvgIpc) is 3.03. The summed E-state index contributed by atoms with van der Waals surface area (Å²) < 4.78 is 33.6. The summed E-state index contributed by atoms with van der Waals surface area (Å²) in [6.45, 7) is 2.62. The number of sulfonamides is 1. The first-order chi connectivity index (χ1) is 14.1. The minimum atomic E-state index is -3.59. The van der Waals surface area contributed by atoms with Crippen LogP contribution in [-0.4, -0.2) is 41.3 Å². The van der Waals surface area contributed by atoms with Crippen molar-refractivity contribution in [2.75, 3.05) is 14.1 Å². The van der Waals surface area contributed by atoms with Gasteiger partial charge < -0.3 is 9.30 Å². The van der Waals surface area contributed by atoms with Crippen LogP contribution in [0, 0.1) is 10.1 Å². The van der Waals surface area contributed by atoms with E-state index in [0.29, 0.717) is 17.9 Å². The van der Waals surface area contributed by atoms with E-state index in [1.807, 2.05) is 11.5 Å². The van der Waals surface area contributed by atoms with Crippen LogP contribution in [0.2, 0.25) is 5.02 Å². The highest BCUT2D eigenvalue weighted by molar-refractivity contribution is 7.89. The zero-order valence-corrected chi connectivity index (χ0v) is 18.3. The summed E-state index contributed by atoms with van der Waals surface area (Å²) in [5, 5.41) is 11.5. The summed E-state index contributed by atoms with van der Waals surface area (Å²) in [4.78, 5) is 15.4. The van der Waals surface area contributed by atoms with Crippen molar-refractivity contribution in [1.29, 1.82) is 0 Å². The van der Waals surface area contributed by atoms with Gasteiger partial charge in [-0.3, -0.25) is 10.1 Å². The molecule has 11 heteroatoms. The highest BCUT2D eigenvalue weighted by Gasteiger charge is 2.21. The minimum Gasteiger partial charge on any atom is -0.479 e. The van der Waals surface area contributed by atoms with Crippen LogP contribution in [-0.2, 0) is 23.2 Å². The van der Waals surface area contributed by atoms with E-state index >= 15 is 0 Å². The molecule has 1 heterocycles. The maximum absolute atomic E-state index is 12.4. The van der Waals surface area contributed by atoms with Crippen molar-refractivity contribution in [3.05, 3.63) is 57.4 Å². The second-order valence-corrected chi connectivity index (χ2v) is 9.36. The van der Waals surface area contributed by atoms with Crippen molar-refractivity contribution in [3.8, 4) is 5.75 Å². The van der Waals surface area contributed by atoms with E-state index < -0.39 is 14.9 Å². The number of nitro groups is 1. The fourth-order valence-electron chi connectivity index (χ4n) is 3.01. The summed E-state index contributed by atoms with van der Waals surface area (Å²) in [5.41, 5.74) is 1.04. The quantitative estimate of drug-likeness (QED) is 0.379. The highest BCUT2D eigenvalue weighted by Crippen LogP contribution is 2.31. The van der Waals surface area contributed by atoms with Gasteiger partial charge in [0.15, 0.2) is 5.75 Å². The largest absolute Gasteiger partial charge is 0.479 e. The number of hydrogen-bond acceptors (Lipinski definition) is 6. The molecule has 0 bridgehead atoms. The number of hydrogen-bond donors (Lipinski definition) is 0. The van der Waals surface area contributed by atoms with Crippen LogP contribution in [0.3, 0.4) is 0 Å². The van der Waals surface area contributed by atoms with Gasteiger partial charge in [-0.1, -0.05) is 18.5 Å². The Labute approximate surface area is 179 Å². The van der Waals surface area contributed by atoms with E-state index in [0.717, 1.165) is 16.2 Å². The molecule has 1 aromatic heterocycles. The van der Waals surface area contributed by atoms with Crippen LogP contribution in [0.15, 0.2) is 41.3 Å². The molecule has 0 fully saturated rings. The lowest BCUT2D eigenvalue weighted by Gasteiger charge is -2.11. The Bertz CT molecular complexity index is 1210. The Morgan fingerprint density at radius 2 is 1.97 bits per heavy atom. The van der Waals surface area contributed by atoms with Gasteiger partial charge in [0.05, 0.1) is 20.9 Å². The molecule has 0 N–H and O–H groups in total. The topological polar surface area (TPSA) is 108 Å². The van der Waals surface area contributed by atoms with Gasteiger partial charge in [0.1, 0.15) is 12.4 Å². The number of aryl methyl sites for hydroxylation is 1. The Morgan fingerprint density at radius 3 is 2.60 bits per heavy atom. The monoisotopic (exact) mass is 452 g/mol. The SMILES string of the molecule is CCCn1c(COc2ccc(Cl)cc2[N+](=O)[O-])nc2cc(S(=O)(=O)N(C)C)ccc21. The van der Waals surface area contributed by atoms with E-state index in [-0.39, 0.29) is 28.0 Å². The first-order valence-corrected chi connectivity index (χ1v) is 11.0. The minimum absolute atomic E-state index is 0.0209. The van der Waals surface area contributed by atoms with Gasteiger partial charge in [0.25, 0.3) is 0 Å². The first-order valence-electron chi connectivity index (χ1n) is 9.13. The molecule has 0 saturated carbocycles. The predicted octanol–water partition coefficient (Wildman–Crippen LogP) is 3.84. The lowest BCUT2D eigenvalue weighted by molar-refractivity contribution is -0.385. The average molecular weight is 453 g/mol. The van der Waals surface area contributed by atoms with Crippen molar-refractivity contribution in [2.45, 2.75) is 31.4 Å². The van der Waals surface area contributed by atoms with Gasteiger partial charge >= 0.3 is 5.69 Å². The number of nitro benzene ring substituents is 1. The summed E-state index contributed by atoms with van der Waals surface area (Å²) in [7, 11) is -0.662. The standard InChI is InChI=1S/C19H21ClN4O5S/c1-4-9-23-16-7-6-14(30(27,28)22(2)3)11-15(16)21-19(23)12-29-18-8-5-13(20)10-17(18)24(25)26/h5-8,10-11H,4,9,12H2,1-3H3. The Morgan fingerprint density at radius 1 is 1.23 bits per heavy atom. The zero-order valence-electron chi connectivity index (χ0n) is 16.7. The number of halogens is 1. The number of benzene rings is 2. The van der Waals surface area contributed by atoms with Gasteiger partial charge in [0, 0.05) is 31.7 Å². The smallest absolute Gasteiger partial charge is 0.312 e. The maximum Gasteiger partial charge on any atom is 0.312 e. The number of imidazole rings is 1. The van der Waals surface area contributed by atoms with Crippen LogP contribution in [0.25, 0.3) is 11.0 Å². The third kappa shape index (κ3) is 4.25. The lowest BCUT2D eigenvalue weighted by atomic mass is 10.3. The molecule has 9 nitrogen and oxygen atoms in total. The van der Waals surface area contributed by atoms with Crippen LogP contribution in [0.4, 0.5) is 5.69 Å². The highest BCUT2D eigenvalue weighted by atomic mass is 35.5. The van der Waals surface area contributed by atoms with Gasteiger partial charge in [-0.25, -0.2) is 17.7 Å². The number of aromatic nitrogens is 2. The van der Waals surface area contributed by atoms with Crippen LogP contribution in [0.1, 0.15) is 19.2 Å². The van der Waals surface area contributed by atoms with Crippen molar-refractivity contribution in [3.63, 3.8) is 0 Å².